The van der Waals surface area contributed by atoms with Crippen molar-refractivity contribution in [2.45, 2.75) is 20.0 Å². The third-order valence-corrected chi connectivity index (χ3v) is 3.01. The molecule has 5 heteroatoms. The van der Waals surface area contributed by atoms with Crippen LogP contribution in [0.1, 0.15) is 24.6 Å². The SMILES string of the molecule is CCCOc1ccccc1OCc1cccnc1C(N)=S. The third-order valence-electron chi connectivity index (χ3n) is 2.82. The van der Waals surface area contributed by atoms with Gasteiger partial charge in [0.25, 0.3) is 0 Å². The molecule has 21 heavy (non-hydrogen) atoms. The van der Waals surface area contributed by atoms with Crippen molar-refractivity contribution >= 4 is 17.2 Å². The van der Waals surface area contributed by atoms with Crippen LogP contribution in [0.2, 0.25) is 0 Å². The maximum absolute atomic E-state index is 5.83. The van der Waals surface area contributed by atoms with Crippen LogP contribution in [0.15, 0.2) is 42.6 Å². The van der Waals surface area contributed by atoms with Crippen LogP contribution in [0.3, 0.4) is 0 Å². The Bertz CT molecular complexity index is 617. The summed E-state index contributed by atoms with van der Waals surface area (Å²) in [5, 5.41) is 0. The smallest absolute Gasteiger partial charge is 0.161 e. The van der Waals surface area contributed by atoms with Gasteiger partial charge in [-0.2, -0.15) is 0 Å². The van der Waals surface area contributed by atoms with Gasteiger partial charge in [0.05, 0.1) is 6.61 Å². The monoisotopic (exact) mass is 302 g/mol. The average molecular weight is 302 g/mol. The maximum atomic E-state index is 5.83. The van der Waals surface area contributed by atoms with E-state index in [0.29, 0.717) is 24.7 Å². The average Bonchev–Trinajstić information content (AvgIpc) is 2.52. The molecule has 0 radical (unpaired) electrons. The zero-order chi connectivity index (χ0) is 15.1. The molecule has 2 N–H and O–H groups in total. The summed E-state index contributed by atoms with van der Waals surface area (Å²) in [5.41, 5.74) is 7.12. The largest absolute Gasteiger partial charge is 0.490 e. The fourth-order valence-corrected chi connectivity index (χ4v) is 2.02. The highest BCUT2D eigenvalue weighted by atomic mass is 32.1. The number of nitrogens with two attached hydrogens (primary N) is 1. The number of nitrogens with zero attached hydrogens (tertiary/aromatic N) is 1. The third kappa shape index (κ3) is 4.16. The Balaban J connectivity index is 2.12. The number of para-hydroxylation sites is 2. The molecular formula is C16H18N2O2S. The molecule has 0 fully saturated rings. The highest BCUT2D eigenvalue weighted by molar-refractivity contribution is 7.80. The van der Waals surface area contributed by atoms with Gasteiger partial charge < -0.3 is 15.2 Å². The van der Waals surface area contributed by atoms with Crippen LogP contribution < -0.4 is 15.2 Å². The predicted octanol–water partition coefficient (Wildman–Crippen LogP) is 3.08. The lowest BCUT2D eigenvalue weighted by Crippen LogP contribution is -2.15. The minimum absolute atomic E-state index is 0.268. The predicted molar refractivity (Wildman–Crippen MR) is 86.7 cm³/mol. The lowest BCUT2D eigenvalue weighted by Gasteiger charge is -2.13. The van der Waals surface area contributed by atoms with E-state index in [1.54, 1.807) is 6.20 Å². The van der Waals surface area contributed by atoms with E-state index in [1.165, 1.54) is 0 Å². The van der Waals surface area contributed by atoms with Crippen LogP contribution in [-0.2, 0) is 6.61 Å². The highest BCUT2D eigenvalue weighted by Crippen LogP contribution is 2.27. The number of ether oxygens (including phenoxy) is 2. The van der Waals surface area contributed by atoms with Crippen molar-refractivity contribution in [1.29, 1.82) is 0 Å². The zero-order valence-electron chi connectivity index (χ0n) is 11.9. The van der Waals surface area contributed by atoms with E-state index in [4.69, 9.17) is 27.4 Å². The summed E-state index contributed by atoms with van der Waals surface area (Å²) in [6.45, 7) is 3.06. The Labute approximate surface area is 129 Å². The second kappa shape index (κ2) is 7.59. The summed E-state index contributed by atoms with van der Waals surface area (Å²) in [5.74, 6) is 1.43. The van der Waals surface area contributed by atoms with E-state index in [0.717, 1.165) is 17.7 Å². The fourth-order valence-electron chi connectivity index (χ4n) is 1.83. The Kier molecular flexibility index (Phi) is 5.51. The van der Waals surface area contributed by atoms with Crippen molar-refractivity contribution in [3.8, 4) is 11.5 Å². The summed E-state index contributed by atoms with van der Waals surface area (Å²) in [4.78, 5) is 4.45. The van der Waals surface area contributed by atoms with Gasteiger partial charge in [0.2, 0.25) is 0 Å². The van der Waals surface area contributed by atoms with Gasteiger partial charge in [0.1, 0.15) is 17.3 Å². The van der Waals surface area contributed by atoms with Crippen molar-refractivity contribution in [2.75, 3.05) is 6.61 Å². The molecule has 0 spiro atoms. The summed E-state index contributed by atoms with van der Waals surface area (Å²) in [7, 11) is 0. The Morgan fingerprint density at radius 3 is 2.52 bits per heavy atom. The summed E-state index contributed by atoms with van der Waals surface area (Å²) < 4.78 is 11.5. The molecule has 0 amide bonds. The molecule has 2 aromatic rings. The van der Waals surface area contributed by atoms with E-state index in [-0.39, 0.29) is 4.99 Å². The number of rotatable bonds is 7. The molecule has 0 aliphatic heterocycles. The van der Waals surface area contributed by atoms with E-state index in [1.807, 2.05) is 36.4 Å². The van der Waals surface area contributed by atoms with Gasteiger partial charge >= 0.3 is 0 Å². The van der Waals surface area contributed by atoms with Gasteiger partial charge in [-0.3, -0.25) is 4.98 Å². The molecular weight excluding hydrogens is 284 g/mol. The number of thiocarbonyl (C=S) groups is 1. The standard InChI is InChI=1S/C16H18N2O2S/c1-2-10-19-13-7-3-4-8-14(13)20-11-12-6-5-9-18-15(12)16(17)21/h3-9H,2,10-11H2,1H3,(H2,17,21). The molecule has 4 nitrogen and oxygen atoms in total. The summed E-state index contributed by atoms with van der Waals surface area (Å²) in [6.07, 6.45) is 2.61. The quantitative estimate of drug-likeness (QED) is 0.797. The van der Waals surface area contributed by atoms with E-state index < -0.39 is 0 Å². The van der Waals surface area contributed by atoms with Gasteiger partial charge in [0, 0.05) is 11.8 Å². The zero-order valence-corrected chi connectivity index (χ0v) is 12.7. The fraction of sp³-hybridized carbons (Fsp3) is 0.250. The van der Waals surface area contributed by atoms with Gasteiger partial charge in [-0.1, -0.05) is 37.3 Å². The van der Waals surface area contributed by atoms with E-state index >= 15 is 0 Å². The van der Waals surface area contributed by atoms with Crippen molar-refractivity contribution in [3.63, 3.8) is 0 Å². The minimum Gasteiger partial charge on any atom is -0.490 e. The van der Waals surface area contributed by atoms with Gasteiger partial charge in [-0.25, -0.2) is 0 Å². The Morgan fingerprint density at radius 1 is 1.14 bits per heavy atom. The normalized spacial score (nSPS) is 10.1. The van der Waals surface area contributed by atoms with Gasteiger partial charge in [0.15, 0.2) is 11.5 Å². The molecule has 110 valence electrons. The van der Waals surface area contributed by atoms with Crippen LogP contribution in [-0.4, -0.2) is 16.6 Å². The maximum Gasteiger partial charge on any atom is 0.161 e. The van der Waals surface area contributed by atoms with Crippen LogP contribution >= 0.6 is 12.2 Å². The van der Waals surface area contributed by atoms with Crippen molar-refractivity contribution < 1.29 is 9.47 Å². The van der Waals surface area contributed by atoms with Crippen molar-refractivity contribution in [2.24, 2.45) is 5.73 Å². The Hall–Kier alpha value is -2.14. The summed E-state index contributed by atoms with van der Waals surface area (Å²) in [6, 6.07) is 11.3. The van der Waals surface area contributed by atoms with Crippen LogP contribution in [0.4, 0.5) is 0 Å². The second-order valence-corrected chi connectivity index (χ2v) is 4.90. The number of benzene rings is 1. The Morgan fingerprint density at radius 2 is 1.86 bits per heavy atom. The van der Waals surface area contributed by atoms with Crippen molar-refractivity contribution in [1.82, 2.24) is 4.98 Å². The molecule has 0 unspecified atom stereocenters. The van der Waals surface area contributed by atoms with Crippen molar-refractivity contribution in [3.05, 3.63) is 53.9 Å². The molecule has 1 aromatic carbocycles. The number of aromatic nitrogens is 1. The lowest BCUT2D eigenvalue weighted by atomic mass is 10.2. The molecule has 0 atom stereocenters. The van der Waals surface area contributed by atoms with E-state index in [2.05, 4.69) is 11.9 Å². The second-order valence-electron chi connectivity index (χ2n) is 4.46. The number of pyridine rings is 1. The van der Waals surface area contributed by atoms with Crippen LogP contribution in [0.25, 0.3) is 0 Å². The van der Waals surface area contributed by atoms with Gasteiger partial charge in [-0.05, 0) is 24.6 Å². The molecule has 1 heterocycles. The molecule has 1 aromatic heterocycles. The summed E-state index contributed by atoms with van der Waals surface area (Å²) >= 11 is 5.00. The number of hydrogen-bond donors (Lipinski definition) is 1. The molecule has 0 bridgehead atoms. The first-order valence-corrected chi connectivity index (χ1v) is 7.21. The van der Waals surface area contributed by atoms with E-state index in [9.17, 15) is 0 Å². The van der Waals surface area contributed by atoms with Crippen LogP contribution in [0, 0.1) is 0 Å². The molecule has 0 aliphatic rings. The first kappa shape index (κ1) is 15.3. The topological polar surface area (TPSA) is 57.4 Å². The molecule has 0 saturated carbocycles. The molecule has 0 aliphatic carbocycles. The van der Waals surface area contributed by atoms with Crippen LogP contribution in [0.5, 0.6) is 11.5 Å². The highest BCUT2D eigenvalue weighted by Gasteiger charge is 2.09. The minimum atomic E-state index is 0.268. The molecule has 2 rings (SSSR count). The molecule has 0 saturated heterocycles. The van der Waals surface area contributed by atoms with Gasteiger partial charge in [-0.15, -0.1) is 0 Å². The lowest BCUT2D eigenvalue weighted by molar-refractivity contribution is 0.261. The number of hydrogen-bond acceptors (Lipinski definition) is 4. The first-order valence-electron chi connectivity index (χ1n) is 6.80. The first-order chi connectivity index (χ1) is 10.2.